The minimum absolute atomic E-state index is 0.0703. The summed E-state index contributed by atoms with van der Waals surface area (Å²) in [5, 5.41) is 4.37. The standard InChI is InChI=1S/C19H21Cl2N3O4S/c1-13(2)28-18-6-4-14(5-7-18)11-22-23-19(25)12-24(29(3,26)27)17-9-15(20)8-16(21)10-17/h4-11,13H,12H2,1-3H3,(H,23,25)/b22-11-. The van der Waals surface area contributed by atoms with E-state index in [0.717, 1.165) is 21.9 Å². The Morgan fingerprint density at radius 3 is 2.28 bits per heavy atom. The molecule has 0 aromatic heterocycles. The van der Waals surface area contributed by atoms with Crippen LogP contribution < -0.4 is 14.5 Å². The fourth-order valence-electron chi connectivity index (χ4n) is 2.33. The molecule has 0 unspecified atom stereocenters. The summed E-state index contributed by atoms with van der Waals surface area (Å²) >= 11 is 11.9. The third-order valence-corrected chi connectivity index (χ3v) is 5.05. The minimum atomic E-state index is -3.75. The van der Waals surface area contributed by atoms with Gasteiger partial charge in [-0.2, -0.15) is 5.10 Å². The molecule has 2 rings (SSSR count). The summed E-state index contributed by atoms with van der Waals surface area (Å²) in [7, 11) is -3.75. The molecule has 0 atom stereocenters. The van der Waals surface area contributed by atoms with Gasteiger partial charge in [-0.3, -0.25) is 9.10 Å². The lowest BCUT2D eigenvalue weighted by molar-refractivity contribution is -0.119. The highest BCUT2D eigenvalue weighted by atomic mass is 35.5. The van der Waals surface area contributed by atoms with E-state index in [2.05, 4.69) is 10.5 Å². The molecule has 0 heterocycles. The topological polar surface area (TPSA) is 88.1 Å². The van der Waals surface area contributed by atoms with Crippen LogP contribution in [-0.2, 0) is 14.8 Å². The summed E-state index contributed by atoms with van der Waals surface area (Å²) in [6.07, 6.45) is 2.50. The van der Waals surface area contributed by atoms with Crippen LogP contribution in [0.1, 0.15) is 19.4 Å². The van der Waals surface area contributed by atoms with Crippen molar-refractivity contribution < 1.29 is 17.9 Å². The maximum Gasteiger partial charge on any atom is 0.260 e. The normalized spacial score (nSPS) is 11.7. The SMILES string of the molecule is CC(C)Oc1ccc(/C=N\NC(=O)CN(c2cc(Cl)cc(Cl)c2)S(C)(=O)=O)cc1. The van der Waals surface area contributed by atoms with E-state index in [9.17, 15) is 13.2 Å². The van der Waals surface area contributed by atoms with Crippen molar-refractivity contribution >= 4 is 51.0 Å². The van der Waals surface area contributed by atoms with Gasteiger partial charge in [0.05, 0.1) is 24.3 Å². The number of anilines is 1. The smallest absolute Gasteiger partial charge is 0.260 e. The first-order valence-electron chi connectivity index (χ1n) is 8.57. The molecule has 0 aliphatic carbocycles. The Bertz CT molecular complexity index is 973. The van der Waals surface area contributed by atoms with Crippen molar-refractivity contribution in [3.05, 3.63) is 58.1 Å². The predicted molar refractivity (Wildman–Crippen MR) is 117 cm³/mol. The van der Waals surface area contributed by atoms with Crippen LogP contribution >= 0.6 is 23.2 Å². The molecule has 7 nitrogen and oxygen atoms in total. The number of nitrogens with one attached hydrogen (secondary N) is 1. The lowest BCUT2D eigenvalue weighted by Gasteiger charge is -2.21. The molecule has 0 aliphatic rings. The molecular formula is C19H21Cl2N3O4S. The Labute approximate surface area is 180 Å². The molecule has 1 N–H and O–H groups in total. The predicted octanol–water partition coefficient (Wildman–Crippen LogP) is 3.70. The number of hydrogen-bond donors (Lipinski definition) is 1. The van der Waals surface area contributed by atoms with Gasteiger partial charge in [-0.1, -0.05) is 23.2 Å². The Morgan fingerprint density at radius 1 is 1.17 bits per heavy atom. The number of hydrazone groups is 1. The molecule has 0 radical (unpaired) electrons. The second-order valence-corrected chi connectivity index (χ2v) is 9.21. The van der Waals surface area contributed by atoms with Gasteiger partial charge in [-0.05, 0) is 61.9 Å². The highest BCUT2D eigenvalue weighted by Crippen LogP contribution is 2.26. The van der Waals surface area contributed by atoms with Gasteiger partial charge in [0.15, 0.2) is 0 Å². The fraction of sp³-hybridized carbons (Fsp3) is 0.263. The molecule has 0 fully saturated rings. The van der Waals surface area contributed by atoms with E-state index >= 15 is 0 Å². The van der Waals surface area contributed by atoms with Gasteiger partial charge in [-0.25, -0.2) is 13.8 Å². The quantitative estimate of drug-likeness (QED) is 0.483. The highest BCUT2D eigenvalue weighted by Gasteiger charge is 2.21. The number of carbonyl (C=O) groups excluding carboxylic acids is 1. The first-order valence-corrected chi connectivity index (χ1v) is 11.2. The van der Waals surface area contributed by atoms with Gasteiger partial charge in [0, 0.05) is 10.0 Å². The van der Waals surface area contributed by atoms with Crippen LogP contribution in [-0.4, -0.2) is 39.4 Å². The molecule has 0 bridgehead atoms. The van der Waals surface area contributed by atoms with Crippen molar-refractivity contribution in [2.24, 2.45) is 5.10 Å². The molecule has 0 aliphatic heterocycles. The molecule has 156 valence electrons. The summed E-state index contributed by atoms with van der Waals surface area (Å²) in [4.78, 5) is 12.2. The molecule has 0 saturated heterocycles. The zero-order valence-corrected chi connectivity index (χ0v) is 18.4. The minimum Gasteiger partial charge on any atom is -0.491 e. The van der Waals surface area contributed by atoms with Crippen molar-refractivity contribution in [1.29, 1.82) is 0 Å². The number of carbonyl (C=O) groups is 1. The molecule has 1 amide bonds. The van der Waals surface area contributed by atoms with Crippen molar-refractivity contribution in [1.82, 2.24) is 5.43 Å². The average Bonchev–Trinajstić information content (AvgIpc) is 2.59. The first-order chi connectivity index (χ1) is 13.5. The van der Waals surface area contributed by atoms with Crippen LogP contribution in [0.5, 0.6) is 5.75 Å². The second-order valence-electron chi connectivity index (χ2n) is 6.43. The Balaban J connectivity index is 2.04. The molecule has 29 heavy (non-hydrogen) atoms. The van der Waals surface area contributed by atoms with Gasteiger partial charge in [0.1, 0.15) is 12.3 Å². The Hall–Kier alpha value is -2.29. The monoisotopic (exact) mass is 457 g/mol. The largest absolute Gasteiger partial charge is 0.491 e. The van der Waals surface area contributed by atoms with Crippen molar-refractivity contribution in [2.75, 3.05) is 17.1 Å². The molecule has 2 aromatic carbocycles. The summed E-state index contributed by atoms with van der Waals surface area (Å²) in [6, 6.07) is 11.4. The number of amides is 1. The van der Waals surface area contributed by atoms with E-state index in [1.54, 1.807) is 24.3 Å². The van der Waals surface area contributed by atoms with E-state index in [1.165, 1.54) is 24.4 Å². The van der Waals surface area contributed by atoms with Gasteiger partial charge >= 0.3 is 0 Å². The number of halogens is 2. The number of rotatable bonds is 8. The van der Waals surface area contributed by atoms with Crippen molar-refractivity contribution in [3.8, 4) is 5.75 Å². The van der Waals surface area contributed by atoms with E-state index in [0.29, 0.717) is 0 Å². The van der Waals surface area contributed by atoms with Crippen LogP contribution in [0.25, 0.3) is 0 Å². The van der Waals surface area contributed by atoms with Crippen molar-refractivity contribution in [3.63, 3.8) is 0 Å². The molecular weight excluding hydrogens is 437 g/mol. The van der Waals surface area contributed by atoms with E-state index in [4.69, 9.17) is 27.9 Å². The number of ether oxygens (including phenoxy) is 1. The molecule has 0 saturated carbocycles. The zero-order chi connectivity index (χ0) is 21.6. The third kappa shape index (κ3) is 7.56. The van der Waals surface area contributed by atoms with Crippen LogP contribution in [0, 0.1) is 0 Å². The van der Waals surface area contributed by atoms with E-state index in [-0.39, 0.29) is 21.8 Å². The number of benzene rings is 2. The maximum absolute atomic E-state index is 12.2. The maximum atomic E-state index is 12.2. The van der Waals surface area contributed by atoms with Gasteiger partial charge in [0.2, 0.25) is 10.0 Å². The van der Waals surface area contributed by atoms with Crippen LogP contribution in [0.4, 0.5) is 5.69 Å². The second kappa shape index (κ2) is 9.96. The van der Waals surface area contributed by atoms with E-state index < -0.39 is 22.5 Å². The summed E-state index contributed by atoms with van der Waals surface area (Å²) in [5.41, 5.74) is 3.23. The van der Waals surface area contributed by atoms with Crippen LogP contribution in [0.3, 0.4) is 0 Å². The Morgan fingerprint density at radius 2 is 1.76 bits per heavy atom. The molecule has 0 spiro atoms. The van der Waals surface area contributed by atoms with Gasteiger partial charge in [-0.15, -0.1) is 0 Å². The lowest BCUT2D eigenvalue weighted by Crippen LogP contribution is -2.39. The summed E-state index contributed by atoms with van der Waals surface area (Å²) < 4.78 is 30.7. The van der Waals surface area contributed by atoms with Crippen molar-refractivity contribution in [2.45, 2.75) is 20.0 Å². The third-order valence-electron chi connectivity index (χ3n) is 3.48. The first kappa shape index (κ1) is 23.0. The fourth-order valence-corrected chi connectivity index (χ4v) is 3.69. The zero-order valence-electron chi connectivity index (χ0n) is 16.1. The van der Waals surface area contributed by atoms with Gasteiger partial charge in [0.25, 0.3) is 5.91 Å². The number of nitrogens with zero attached hydrogens (tertiary/aromatic N) is 2. The average molecular weight is 458 g/mol. The van der Waals surface area contributed by atoms with Gasteiger partial charge < -0.3 is 4.74 Å². The van der Waals surface area contributed by atoms with E-state index in [1.807, 2.05) is 13.8 Å². The molecule has 10 heteroatoms. The Kier molecular flexibility index (Phi) is 7.89. The van der Waals surface area contributed by atoms with Crippen LogP contribution in [0.2, 0.25) is 10.0 Å². The summed E-state index contributed by atoms with van der Waals surface area (Å²) in [5.74, 6) is 0.104. The molecule has 2 aromatic rings. The highest BCUT2D eigenvalue weighted by molar-refractivity contribution is 7.92. The number of sulfonamides is 1. The lowest BCUT2D eigenvalue weighted by atomic mass is 10.2. The van der Waals surface area contributed by atoms with Crippen LogP contribution in [0.15, 0.2) is 47.6 Å². The number of hydrogen-bond acceptors (Lipinski definition) is 5. The summed E-state index contributed by atoms with van der Waals surface area (Å²) in [6.45, 7) is 3.39.